The number of ether oxygens (including phenoxy) is 1. The first-order valence-electron chi connectivity index (χ1n) is 3.53. The molecule has 0 fully saturated rings. The lowest BCUT2D eigenvalue weighted by molar-refractivity contribution is 0.0814. The molecule has 10 heavy (non-hydrogen) atoms. The molecule has 0 aromatic rings. The lowest BCUT2D eigenvalue weighted by atomic mass is 10.5. The summed E-state index contributed by atoms with van der Waals surface area (Å²) >= 11 is 0. The van der Waals surface area contributed by atoms with E-state index in [1.165, 1.54) is 0 Å². The zero-order chi connectivity index (χ0) is 7.82. The zero-order valence-corrected chi connectivity index (χ0v) is 6.68. The Labute approximate surface area is 63.0 Å². The van der Waals surface area contributed by atoms with E-state index in [9.17, 15) is 0 Å². The predicted octanol–water partition coefficient (Wildman–Crippen LogP) is 0.634. The molecule has 0 unspecified atom stereocenters. The first-order chi connectivity index (χ1) is 4.77. The molecule has 0 amide bonds. The lowest BCUT2D eigenvalue weighted by Crippen LogP contribution is -2.21. The van der Waals surface area contributed by atoms with Gasteiger partial charge in [0.2, 0.25) is 0 Å². The number of hydrogen-bond donors (Lipinski definition) is 1. The molecule has 0 radical (unpaired) electrons. The normalized spacial score (nSPS) is 9.80. The third-order valence-corrected chi connectivity index (χ3v) is 0.957. The summed E-state index contributed by atoms with van der Waals surface area (Å²) in [4.78, 5) is 0. The fraction of sp³-hybridized carbons (Fsp3) is 0.750. The SMILES string of the molecule is C#CCNCCOC(C)C. The molecule has 58 valence electrons. The Morgan fingerprint density at radius 3 is 2.80 bits per heavy atom. The summed E-state index contributed by atoms with van der Waals surface area (Å²) in [5.41, 5.74) is 0. The number of hydrogen-bond acceptors (Lipinski definition) is 2. The van der Waals surface area contributed by atoms with Crippen LogP contribution in [0.25, 0.3) is 0 Å². The highest BCUT2D eigenvalue weighted by atomic mass is 16.5. The molecular weight excluding hydrogens is 126 g/mol. The quantitative estimate of drug-likeness (QED) is 0.448. The van der Waals surface area contributed by atoms with E-state index in [1.54, 1.807) is 0 Å². The van der Waals surface area contributed by atoms with Crippen molar-refractivity contribution in [3.63, 3.8) is 0 Å². The van der Waals surface area contributed by atoms with Gasteiger partial charge in [0.1, 0.15) is 0 Å². The molecule has 0 heterocycles. The van der Waals surface area contributed by atoms with Crippen molar-refractivity contribution < 1.29 is 4.74 Å². The van der Waals surface area contributed by atoms with Crippen LogP contribution in [-0.4, -0.2) is 25.8 Å². The standard InChI is InChI=1S/C8H15NO/c1-4-5-9-6-7-10-8(2)3/h1,8-9H,5-7H2,2-3H3. The van der Waals surface area contributed by atoms with Crippen molar-refractivity contribution in [2.75, 3.05) is 19.7 Å². The molecule has 0 saturated heterocycles. The summed E-state index contributed by atoms with van der Waals surface area (Å²) in [6, 6.07) is 0. The lowest BCUT2D eigenvalue weighted by Gasteiger charge is -2.06. The van der Waals surface area contributed by atoms with Gasteiger partial charge in [0, 0.05) is 6.54 Å². The maximum Gasteiger partial charge on any atom is 0.0594 e. The summed E-state index contributed by atoms with van der Waals surface area (Å²) in [5.74, 6) is 2.49. The average molecular weight is 141 g/mol. The van der Waals surface area contributed by atoms with Crippen LogP contribution in [0.4, 0.5) is 0 Å². The summed E-state index contributed by atoms with van der Waals surface area (Å²) in [7, 11) is 0. The van der Waals surface area contributed by atoms with Crippen molar-refractivity contribution in [2.24, 2.45) is 0 Å². The summed E-state index contributed by atoms with van der Waals surface area (Å²) in [6.45, 7) is 6.23. The van der Waals surface area contributed by atoms with Crippen LogP contribution < -0.4 is 5.32 Å². The van der Waals surface area contributed by atoms with E-state index in [1.807, 2.05) is 13.8 Å². The monoisotopic (exact) mass is 141 g/mol. The molecule has 0 rings (SSSR count). The Balaban J connectivity index is 2.86. The first-order valence-corrected chi connectivity index (χ1v) is 3.53. The van der Waals surface area contributed by atoms with Gasteiger partial charge in [-0.25, -0.2) is 0 Å². The van der Waals surface area contributed by atoms with Gasteiger partial charge < -0.3 is 10.1 Å². The maximum atomic E-state index is 5.26. The van der Waals surface area contributed by atoms with Crippen LogP contribution in [0.15, 0.2) is 0 Å². The van der Waals surface area contributed by atoms with E-state index in [0.29, 0.717) is 12.6 Å². The topological polar surface area (TPSA) is 21.3 Å². The largest absolute Gasteiger partial charge is 0.377 e. The molecule has 2 nitrogen and oxygen atoms in total. The van der Waals surface area contributed by atoms with Crippen LogP contribution >= 0.6 is 0 Å². The minimum absolute atomic E-state index is 0.313. The van der Waals surface area contributed by atoms with Crippen LogP contribution in [0.1, 0.15) is 13.8 Å². The highest BCUT2D eigenvalue weighted by molar-refractivity contribution is 4.86. The highest BCUT2D eigenvalue weighted by Gasteiger charge is 1.90. The smallest absolute Gasteiger partial charge is 0.0594 e. The Bertz CT molecular complexity index is 104. The number of nitrogens with one attached hydrogen (secondary N) is 1. The van der Waals surface area contributed by atoms with E-state index in [0.717, 1.165) is 13.2 Å². The number of terminal acetylenes is 1. The second kappa shape index (κ2) is 6.60. The van der Waals surface area contributed by atoms with Gasteiger partial charge >= 0.3 is 0 Å². The summed E-state index contributed by atoms with van der Waals surface area (Å²) < 4.78 is 5.26. The third kappa shape index (κ3) is 7.48. The van der Waals surface area contributed by atoms with Gasteiger partial charge in [0.05, 0.1) is 19.3 Å². The van der Waals surface area contributed by atoms with Crippen LogP contribution in [0, 0.1) is 12.3 Å². The molecule has 0 aromatic heterocycles. The maximum absolute atomic E-state index is 5.26. The van der Waals surface area contributed by atoms with E-state index in [4.69, 9.17) is 11.2 Å². The predicted molar refractivity (Wildman–Crippen MR) is 42.8 cm³/mol. The molecule has 0 aliphatic carbocycles. The fourth-order valence-corrected chi connectivity index (χ4v) is 0.527. The molecule has 0 atom stereocenters. The average Bonchev–Trinajstić information content (AvgIpc) is 1.87. The van der Waals surface area contributed by atoms with Gasteiger partial charge in [0.15, 0.2) is 0 Å². The van der Waals surface area contributed by atoms with Crippen LogP contribution in [-0.2, 0) is 4.74 Å². The van der Waals surface area contributed by atoms with Crippen LogP contribution in [0.5, 0.6) is 0 Å². The summed E-state index contributed by atoms with van der Waals surface area (Å²) in [5, 5.41) is 3.03. The third-order valence-electron chi connectivity index (χ3n) is 0.957. The van der Waals surface area contributed by atoms with Crippen LogP contribution in [0.3, 0.4) is 0 Å². The molecule has 2 heteroatoms. The van der Waals surface area contributed by atoms with Crippen molar-refractivity contribution >= 4 is 0 Å². The fourth-order valence-electron chi connectivity index (χ4n) is 0.527. The molecular formula is C8H15NO. The van der Waals surface area contributed by atoms with Gasteiger partial charge in [-0.05, 0) is 13.8 Å². The Morgan fingerprint density at radius 1 is 1.60 bits per heavy atom. The van der Waals surface area contributed by atoms with E-state index < -0.39 is 0 Å². The molecule has 0 aliphatic rings. The van der Waals surface area contributed by atoms with Gasteiger partial charge in [0.25, 0.3) is 0 Å². The minimum Gasteiger partial charge on any atom is -0.377 e. The van der Waals surface area contributed by atoms with Gasteiger partial charge in [-0.3, -0.25) is 0 Å². The van der Waals surface area contributed by atoms with Crippen molar-refractivity contribution in [3.8, 4) is 12.3 Å². The minimum atomic E-state index is 0.313. The number of rotatable bonds is 5. The van der Waals surface area contributed by atoms with Crippen molar-refractivity contribution in [3.05, 3.63) is 0 Å². The van der Waals surface area contributed by atoms with Gasteiger partial charge in [-0.2, -0.15) is 0 Å². The second-order valence-corrected chi connectivity index (χ2v) is 2.30. The van der Waals surface area contributed by atoms with Crippen molar-refractivity contribution in [2.45, 2.75) is 20.0 Å². The Morgan fingerprint density at radius 2 is 2.30 bits per heavy atom. The Hall–Kier alpha value is -0.520. The van der Waals surface area contributed by atoms with E-state index in [2.05, 4.69) is 11.2 Å². The molecule has 0 aromatic carbocycles. The van der Waals surface area contributed by atoms with E-state index >= 15 is 0 Å². The second-order valence-electron chi connectivity index (χ2n) is 2.30. The molecule has 1 N–H and O–H groups in total. The molecule has 0 aliphatic heterocycles. The van der Waals surface area contributed by atoms with Gasteiger partial charge in [-0.1, -0.05) is 5.92 Å². The van der Waals surface area contributed by atoms with Crippen molar-refractivity contribution in [1.29, 1.82) is 0 Å². The molecule has 0 spiro atoms. The highest BCUT2D eigenvalue weighted by Crippen LogP contribution is 1.84. The van der Waals surface area contributed by atoms with Gasteiger partial charge in [-0.15, -0.1) is 6.42 Å². The summed E-state index contributed by atoms with van der Waals surface area (Å²) in [6.07, 6.45) is 5.33. The Kier molecular flexibility index (Phi) is 6.25. The first kappa shape index (κ1) is 9.48. The van der Waals surface area contributed by atoms with Crippen molar-refractivity contribution in [1.82, 2.24) is 5.32 Å². The molecule has 0 saturated carbocycles. The molecule has 0 bridgehead atoms. The van der Waals surface area contributed by atoms with Crippen LogP contribution in [0.2, 0.25) is 0 Å². The zero-order valence-electron chi connectivity index (χ0n) is 6.68. The van der Waals surface area contributed by atoms with E-state index in [-0.39, 0.29) is 0 Å².